The topological polar surface area (TPSA) is 193 Å². The standard InChI is InChI=1S/C46H38N6O9/c1-27-35(31-21-23-34(56-2)43(57-3)42(31)59-24-28-14-8-5-9-15-28)38(50-46(55)61-26-30-18-12-7-13-19-30)37(49-45(27)60-25-29-16-10-6-11-17-29)33-22-20-32-36(48-33)41(54)39(51-52-47)44(58-4)40(32)53/h5-23H,24-26H2,1-4H3,(H,50,55). The Hall–Kier alpha value is -8.16. The fourth-order valence-electron chi connectivity index (χ4n) is 6.71. The number of hydrogen-bond donors (Lipinski definition) is 1. The number of ether oxygens (including phenoxy) is 6. The third-order valence-electron chi connectivity index (χ3n) is 9.63. The van der Waals surface area contributed by atoms with Crippen LogP contribution in [0.2, 0.25) is 0 Å². The Morgan fingerprint density at radius 1 is 0.672 bits per heavy atom. The fourth-order valence-corrected chi connectivity index (χ4v) is 6.71. The minimum absolute atomic E-state index is 0.0269. The Labute approximate surface area is 350 Å². The van der Waals surface area contributed by atoms with Crippen LogP contribution in [0.15, 0.2) is 132 Å². The van der Waals surface area contributed by atoms with Crippen LogP contribution in [-0.2, 0) is 29.3 Å². The normalized spacial score (nSPS) is 11.9. The molecule has 0 atom stereocenters. The van der Waals surface area contributed by atoms with Crippen LogP contribution in [-0.4, -0.2) is 49.0 Å². The number of methoxy groups -OCH3 is 3. The molecule has 61 heavy (non-hydrogen) atoms. The molecule has 7 rings (SSSR count). The second kappa shape index (κ2) is 18.6. The van der Waals surface area contributed by atoms with Crippen molar-refractivity contribution >= 4 is 23.3 Å². The van der Waals surface area contributed by atoms with Gasteiger partial charge in [-0.2, -0.15) is 0 Å². The number of nitrogens with zero attached hydrogens (tertiary/aromatic N) is 5. The number of anilines is 1. The summed E-state index contributed by atoms with van der Waals surface area (Å²) in [5, 5.41) is 6.37. The van der Waals surface area contributed by atoms with Gasteiger partial charge in [0.05, 0.1) is 38.3 Å². The van der Waals surface area contributed by atoms with Gasteiger partial charge in [0.25, 0.3) is 0 Å². The lowest BCUT2D eigenvalue weighted by Crippen LogP contribution is -2.24. The Bertz CT molecular complexity index is 2700. The Kier molecular flexibility index (Phi) is 12.5. The first-order chi connectivity index (χ1) is 29.8. The number of fused-ring (bicyclic) bond motifs is 1. The molecule has 0 aliphatic heterocycles. The quantitative estimate of drug-likeness (QED) is 0.0589. The summed E-state index contributed by atoms with van der Waals surface area (Å²) in [5.74, 6) is -0.950. The third kappa shape index (κ3) is 8.67. The van der Waals surface area contributed by atoms with Crippen molar-refractivity contribution in [3.05, 3.63) is 171 Å². The minimum atomic E-state index is -0.854. The van der Waals surface area contributed by atoms with E-state index in [1.54, 1.807) is 19.1 Å². The van der Waals surface area contributed by atoms with Crippen molar-refractivity contribution in [2.45, 2.75) is 26.7 Å². The Morgan fingerprint density at radius 3 is 1.87 bits per heavy atom. The lowest BCUT2D eigenvalue weighted by atomic mass is 9.93. The average molecular weight is 819 g/mol. The number of ketones is 2. The number of Topliss-reactive ketones (excluding diaryl/α,β-unsaturated/α-hetero) is 2. The van der Waals surface area contributed by atoms with Gasteiger partial charge in [0.1, 0.15) is 36.9 Å². The van der Waals surface area contributed by atoms with Crippen LogP contribution in [0.4, 0.5) is 10.5 Å². The third-order valence-corrected chi connectivity index (χ3v) is 9.63. The lowest BCUT2D eigenvalue weighted by molar-refractivity contribution is 0.0902. The van der Waals surface area contributed by atoms with Gasteiger partial charge in [-0.3, -0.25) is 14.9 Å². The molecular weight excluding hydrogens is 781 g/mol. The summed E-state index contributed by atoms with van der Waals surface area (Å²) in [6.07, 6.45) is -0.847. The first kappa shape index (κ1) is 41.0. The van der Waals surface area contributed by atoms with E-state index >= 15 is 0 Å². The SMILES string of the molecule is COC1=C(N=[N+]=[N-])C(=O)c2nc(-c3nc(OCc4ccccc4)c(C)c(-c4ccc(OC)c(OC)c4OCc4ccccc4)c3NC(=O)OCc3ccccc3)ccc2C1=O. The molecule has 0 bridgehead atoms. The molecule has 0 saturated heterocycles. The number of pyridine rings is 2. The van der Waals surface area contributed by atoms with Crippen molar-refractivity contribution in [1.82, 2.24) is 9.97 Å². The van der Waals surface area contributed by atoms with Gasteiger partial charge >= 0.3 is 6.09 Å². The minimum Gasteiger partial charge on any atom is -0.493 e. The van der Waals surface area contributed by atoms with E-state index < -0.39 is 29.1 Å². The first-order valence-corrected chi connectivity index (χ1v) is 18.8. The van der Waals surface area contributed by atoms with Crippen molar-refractivity contribution < 1.29 is 42.8 Å². The van der Waals surface area contributed by atoms with Crippen LogP contribution in [0, 0.1) is 6.92 Å². The highest BCUT2D eigenvalue weighted by atomic mass is 16.5. The highest BCUT2D eigenvalue weighted by molar-refractivity contribution is 6.25. The van der Waals surface area contributed by atoms with E-state index in [2.05, 4.69) is 20.3 Å². The highest BCUT2D eigenvalue weighted by Crippen LogP contribution is 2.50. The van der Waals surface area contributed by atoms with E-state index in [1.165, 1.54) is 33.5 Å². The maximum absolute atomic E-state index is 13.9. The van der Waals surface area contributed by atoms with Crippen molar-refractivity contribution in [3.63, 3.8) is 0 Å². The van der Waals surface area contributed by atoms with Crippen LogP contribution in [0.5, 0.6) is 23.1 Å². The summed E-state index contributed by atoms with van der Waals surface area (Å²) in [4.78, 5) is 53.5. The number of aromatic nitrogens is 2. The molecule has 15 nitrogen and oxygen atoms in total. The zero-order valence-electron chi connectivity index (χ0n) is 33.5. The fraction of sp³-hybridized carbons (Fsp3) is 0.152. The number of rotatable bonds is 15. The summed E-state index contributed by atoms with van der Waals surface area (Å²) in [6, 6.07) is 34.4. The Morgan fingerprint density at radius 2 is 1.28 bits per heavy atom. The number of carbonyl (C=O) groups is 3. The summed E-state index contributed by atoms with van der Waals surface area (Å²) in [5.41, 5.74) is 12.2. The number of allylic oxidation sites excluding steroid dienone is 2. The van der Waals surface area contributed by atoms with Gasteiger partial charge in [-0.25, -0.2) is 14.8 Å². The monoisotopic (exact) mass is 818 g/mol. The molecule has 0 unspecified atom stereocenters. The second-order valence-corrected chi connectivity index (χ2v) is 13.4. The predicted molar refractivity (Wildman–Crippen MR) is 224 cm³/mol. The van der Waals surface area contributed by atoms with E-state index in [1.807, 2.05) is 91.0 Å². The molecule has 2 aromatic heterocycles. The van der Waals surface area contributed by atoms with Crippen LogP contribution in [0.25, 0.3) is 33.0 Å². The first-order valence-electron chi connectivity index (χ1n) is 18.8. The molecule has 306 valence electrons. The molecule has 0 fully saturated rings. The summed E-state index contributed by atoms with van der Waals surface area (Å²) < 4.78 is 35.5. The number of nitrogens with one attached hydrogen (secondary N) is 1. The van der Waals surface area contributed by atoms with E-state index in [0.29, 0.717) is 22.4 Å². The number of hydrogen-bond acceptors (Lipinski definition) is 12. The molecule has 0 radical (unpaired) electrons. The van der Waals surface area contributed by atoms with Crippen LogP contribution in [0.1, 0.15) is 43.1 Å². The summed E-state index contributed by atoms with van der Waals surface area (Å²) in [7, 11) is 4.18. The average Bonchev–Trinajstić information content (AvgIpc) is 3.30. The number of amides is 1. The molecule has 0 spiro atoms. The largest absolute Gasteiger partial charge is 0.493 e. The molecule has 0 saturated carbocycles. The zero-order valence-corrected chi connectivity index (χ0v) is 33.5. The van der Waals surface area contributed by atoms with Crippen molar-refractivity contribution in [2.24, 2.45) is 5.11 Å². The Balaban J connectivity index is 1.48. The smallest absolute Gasteiger partial charge is 0.412 e. The van der Waals surface area contributed by atoms with Gasteiger partial charge < -0.3 is 28.4 Å². The van der Waals surface area contributed by atoms with Crippen molar-refractivity contribution in [3.8, 4) is 45.6 Å². The molecule has 1 aliphatic carbocycles. The van der Waals surface area contributed by atoms with Crippen molar-refractivity contribution in [1.29, 1.82) is 0 Å². The van der Waals surface area contributed by atoms with Gasteiger partial charge in [-0.1, -0.05) is 96.1 Å². The van der Waals surface area contributed by atoms with Crippen LogP contribution < -0.4 is 24.3 Å². The molecule has 1 N–H and O–H groups in total. The molecule has 4 aromatic carbocycles. The summed E-state index contributed by atoms with van der Waals surface area (Å²) >= 11 is 0. The number of azide groups is 1. The van der Waals surface area contributed by atoms with E-state index in [9.17, 15) is 19.9 Å². The maximum atomic E-state index is 13.9. The van der Waals surface area contributed by atoms with Crippen LogP contribution in [0.3, 0.4) is 0 Å². The van der Waals surface area contributed by atoms with Gasteiger partial charge in [-0.15, -0.1) is 0 Å². The molecule has 2 heterocycles. The van der Waals surface area contributed by atoms with E-state index in [-0.39, 0.29) is 65.5 Å². The number of benzene rings is 4. The van der Waals surface area contributed by atoms with Gasteiger partial charge in [0.15, 0.2) is 17.3 Å². The molecule has 1 amide bonds. The van der Waals surface area contributed by atoms with Crippen LogP contribution >= 0.6 is 0 Å². The van der Waals surface area contributed by atoms with Gasteiger partial charge in [0, 0.05) is 21.6 Å². The van der Waals surface area contributed by atoms with Gasteiger partial charge in [-0.05, 0) is 53.4 Å². The second-order valence-electron chi connectivity index (χ2n) is 13.4. The van der Waals surface area contributed by atoms with Gasteiger partial charge in [0.2, 0.25) is 23.2 Å². The zero-order chi connectivity index (χ0) is 42.9. The van der Waals surface area contributed by atoms with Crippen molar-refractivity contribution in [2.75, 3.05) is 26.6 Å². The molecule has 6 aromatic rings. The van der Waals surface area contributed by atoms with E-state index in [0.717, 1.165) is 16.7 Å². The molecule has 1 aliphatic rings. The molecule has 15 heteroatoms. The predicted octanol–water partition coefficient (Wildman–Crippen LogP) is 9.59. The summed E-state index contributed by atoms with van der Waals surface area (Å²) in [6.45, 7) is 1.94. The highest BCUT2D eigenvalue weighted by Gasteiger charge is 2.36. The number of carbonyl (C=O) groups excluding carboxylic acids is 3. The maximum Gasteiger partial charge on any atom is 0.412 e. The van der Waals surface area contributed by atoms with E-state index in [4.69, 9.17) is 33.4 Å². The molecular formula is C46H38N6O9. The lowest BCUT2D eigenvalue weighted by Gasteiger charge is -2.24.